The molecule has 0 aliphatic heterocycles. The van der Waals surface area contributed by atoms with Gasteiger partial charge < -0.3 is 14.4 Å². The average Bonchev–Trinajstić information content (AvgIpc) is 2.98. The van der Waals surface area contributed by atoms with Gasteiger partial charge in [0.05, 0.1) is 13.2 Å². The van der Waals surface area contributed by atoms with E-state index in [4.69, 9.17) is 18.5 Å². The zero-order chi connectivity index (χ0) is 29.4. The molecule has 0 heterocycles. The van der Waals surface area contributed by atoms with E-state index < -0.39 is 7.82 Å². The minimum Gasteiger partial charge on any atom is -0.488 e. The van der Waals surface area contributed by atoms with Crippen LogP contribution in [0.15, 0.2) is 60.7 Å². The second-order valence-electron chi connectivity index (χ2n) is 11.0. The SMILES string of the molecule is CCCCCCCCCC(COP(=O)(O)OCC(CCCCCCCCC)Oc1ccccc1)Oc1ccccc1. The lowest BCUT2D eigenvalue weighted by Gasteiger charge is -2.23. The molecule has 0 amide bonds. The highest BCUT2D eigenvalue weighted by molar-refractivity contribution is 7.47. The van der Waals surface area contributed by atoms with Crippen LogP contribution in [0.4, 0.5) is 0 Å². The Hall–Kier alpha value is -1.85. The van der Waals surface area contributed by atoms with E-state index in [2.05, 4.69) is 13.8 Å². The summed E-state index contributed by atoms with van der Waals surface area (Å²) in [5.74, 6) is 1.45. The fourth-order valence-electron chi connectivity index (χ4n) is 4.79. The highest BCUT2D eigenvalue weighted by Gasteiger charge is 2.26. The summed E-state index contributed by atoms with van der Waals surface area (Å²) < 4.78 is 36.1. The zero-order valence-electron chi connectivity index (χ0n) is 25.6. The van der Waals surface area contributed by atoms with Crippen LogP contribution < -0.4 is 9.47 Å². The van der Waals surface area contributed by atoms with Crippen LogP contribution in [0.5, 0.6) is 11.5 Å². The van der Waals surface area contributed by atoms with E-state index in [-0.39, 0.29) is 25.4 Å². The number of phosphoric ester groups is 1. The lowest BCUT2D eigenvalue weighted by Crippen LogP contribution is -2.25. The molecule has 0 aromatic heterocycles. The van der Waals surface area contributed by atoms with Crippen molar-refractivity contribution < 1.29 is 28.0 Å². The molecule has 41 heavy (non-hydrogen) atoms. The van der Waals surface area contributed by atoms with Gasteiger partial charge in [-0.25, -0.2) is 4.57 Å². The summed E-state index contributed by atoms with van der Waals surface area (Å²) in [4.78, 5) is 10.5. The third-order valence-corrected chi connectivity index (χ3v) is 8.15. The predicted molar refractivity (Wildman–Crippen MR) is 169 cm³/mol. The number of unbranched alkanes of at least 4 members (excludes halogenated alkanes) is 12. The average molecular weight is 591 g/mol. The van der Waals surface area contributed by atoms with Crippen molar-refractivity contribution >= 4 is 7.82 Å². The molecular weight excluding hydrogens is 535 g/mol. The lowest BCUT2D eigenvalue weighted by molar-refractivity contribution is 0.0574. The number of ether oxygens (including phenoxy) is 2. The molecule has 0 spiro atoms. The monoisotopic (exact) mass is 590 g/mol. The van der Waals surface area contributed by atoms with E-state index in [1.165, 1.54) is 64.2 Å². The minimum atomic E-state index is -4.28. The van der Waals surface area contributed by atoms with Gasteiger partial charge >= 0.3 is 7.82 Å². The molecule has 6 nitrogen and oxygen atoms in total. The first kappa shape index (κ1) is 35.3. The molecule has 2 unspecified atom stereocenters. The van der Waals surface area contributed by atoms with Gasteiger partial charge in [0.25, 0.3) is 0 Å². The van der Waals surface area contributed by atoms with E-state index >= 15 is 0 Å². The second kappa shape index (κ2) is 22.7. The normalized spacial score (nSPS) is 14.3. The molecule has 1 N–H and O–H groups in total. The molecule has 2 atom stereocenters. The Bertz CT molecular complexity index is 838. The largest absolute Gasteiger partial charge is 0.488 e. The first-order valence-electron chi connectivity index (χ1n) is 16.1. The van der Waals surface area contributed by atoms with Gasteiger partial charge in [-0.2, -0.15) is 0 Å². The van der Waals surface area contributed by atoms with Crippen LogP contribution in [-0.2, 0) is 13.6 Å². The van der Waals surface area contributed by atoms with E-state index in [9.17, 15) is 9.46 Å². The van der Waals surface area contributed by atoms with E-state index in [1.807, 2.05) is 60.7 Å². The third kappa shape index (κ3) is 18.3. The lowest BCUT2D eigenvalue weighted by atomic mass is 10.1. The van der Waals surface area contributed by atoms with Crippen molar-refractivity contribution in [3.63, 3.8) is 0 Å². The van der Waals surface area contributed by atoms with Crippen LogP contribution in [0.2, 0.25) is 0 Å². The maximum Gasteiger partial charge on any atom is 0.472 e. The van der Waals surface area contributed by atoms with Crippen LogP contribution in [-0.4, -0.2) is 30.3 Å². The van der Waals surface area contributed by atoms with Gasteiger partial charge in [0.15, 0.2) is 0 Å². The summed E-state index contributed by atoms with van der Waals surface area (Å²) in [6.07, 6.45) is 17.5. The molecule has 0 fully saturated rings. The summed E-state index contributed by atoms with van der Waals surface area (Å²) in [6, 6.07) is 19.1. The van der Waals surface area contributed by atoms with E-state index in [0.717, 1.165) is 50.0 Å². The highest BCUT2D eigenvalue weighted by atomic mass is 31.2. The maximum atomic E-state index is 12.9. The van der Waals surface area contributed by atoms with Crippen LogP contribution in [0.1, 0.15) is 117 Å². The van der Waals surface area contributed by atoms with Crippen molar-refractivity contribution in [3.8, 4) is 11.5 Å². The Kier molecular flexibility index (Phi) is 19.6. The number of phosphoric acid groups is 1. The Morgan fingerprint density at radius 2 is 0.902 bits per heavy atom. The second-order valence-corrected chi connectivity index (χ2v) is 12.4. The summed E-state index contributed by atoms with van der Waals surface area (Å²) in [5.41, 5.74) is 0. The molecule has 2 rings (SSSR count). The van der Waals surface area contributed by atoms with Crippen molar-refractivity contribution in [2.24, 2.45) is 0 Å². The van der Waals surface area contributed by atoms with Gasteiger partial charge in [-0.15, -0.1) is 0 Å². The summed E-state index contributed by atoms with van der Waals surface area (Å²) in [7, 11) is -4.28. The molecule has 0 bridgehead atoms. The molecule has 0 radical (unpaired) electrons. The van der Waals surface area contributed by atoms with Crippen LogP contribution in [0.25, 0.3) is 0 Å². The van der Waals surface area contributed by atoms with Crippen molar-refractivity contribution in [1.82, 2.24) is 0 Å². The molecule has 7 heteroatoms. The van der Waals surface area contributed by atoms with Crippen molar-refractivity contribution in [3.05, 3.63) is 60.7 Å². The molecule has 0 saturated carbocycles. The van der Waals surface area contributed by atoms with Crippen LogP contribution >= 0.6 is 7.82 Å². The fourth-order valence-corrected chi connectivity index (χ4v) is 5.57. The predicted octanol–water partition coefficient (Wildman–Crippen LogP) is 10.3. The quantitative estimate of drug-likeness (QED) is 0.0868. The first-order valence-corrected chi connectivity index (χ1v) is 17.6. The Morgan fingerprint density at radius 3 is 1.27 bits per heavy atom. The van der Waals surface area contributed by atoms with Crippen molar-refractivity contribution in [1.29, 1.82) is 0 Å². The van der Waals surface area contributed by atoms with Crippen molar-refractivity contribution in [2.75, 3.05) is 13.2 Å². The van der Waals surface area contributed by atoms with Gasteiger partial charge in [-0.05, 0) is 49.9 Å². The number of rotatable bonds is 26. The standard InChI is InChI=1S/C34H55O6P/c1-3-5-7-9-11-13-17-27-33(39-31-23-19-15-20-24-31)29-37-41(35,36)38-30-34(40-32-25-21-16-22-26-32)28-18-14-12-10-8-6-4-2/h15-16,19-26,33-34H,3-14,17-18,27-30H2,1-2H3,(H,35,36). The summed E-state index contributed by atoms with van der Waals surface area (Å²) in [6.45, 7) is 4.42. The number of hydrogen-bond donors (Lipinski definition) is 1. The molecule has 0 aliphatic rings. The summed E-state index contributed by atoms with van der Waals surface area (Å²) in [5, 5.41) is 0. The van der Waals surface area contributed by atoms with Crippen LogP contribution in [0, 0.1) is 0 Å². The molecule has 2 aromatic carbocycles. The Morgan fingerprint density at radius 1 is 0.561 bits per heavy atom. The third-order valence-electron chi connectivity index (χ3n) is 7.20. The number of para-hydroxylation sites is 2. The van der Waals surface area contributed by atoms with Gasteiger partial charge in [0.1, 0.15) is 23.7 Å². The first-order chi connectivity index (χ1) is 20.0. The molecule has 232 valence electrons. The molecule has 2 aromatic rings. The molecule has 0 saturated heterocycles. The molecular formula is C34H55O6P. The van der Waals surface area contributed by atoms with Gasteiger partial charge in [-0.1, -0.05) is 127 Å². The highest BCUT2D eigenvalue weighted by Crippen LogP contribution is 2.44. The Labute approximate surface area is 249 Å². The summed E-state index contributed by atoms with van der Waals surface area (Å²) >= 11 is 0. The van der Waals surface area contributed by atoms with Gasteiger partial charge in [0.2, 0.25) is 0 Å². The van der Waals surface area contributed by atoms with E-state index in [1.54, 1.807) is 0 Å². The minimum absolute atomic E-state index is 0.0134. The van der Waals surface area contributed by atoms with E-state index in [0.29, 0.717) is 0 Å². The number of benzene rings is 2. The number of hydrogen-bond acceptors (Lipinski definition) is 5. The Balaban J connectivity index is 1.84. The maximum absolute atomic E-state index is 12.9. The van der Waals surface area contributed by atoms with Crippen molar-refractivity contribution in [2.45, 2.75) is 129 Å². The zero-order valence-corrected chi connectivity index (χ0v) is 26.5. The smallest absolute Gasteiger partial charge is 0.472 e. The molecule has 0 aliphatic carbocycles. The van der Waals surface area contributed by atoms with Gasteiger partial charge in [0, 0.05) is 0 Å². The fraction of sp³-hybridized carbons (Fsp3) is 0.647. The topological polar surface area (TPSA) is 74.2 Å². The van der Waals surface area contributed by atoms with Gasteiger partial charge in [-0.3, -0.25) is 9.05 Å². The van der Waals surface area contributed by atoms with Crippen LogP contribution in [0.3, 0.4) is 0 Å².